The second-order valence-corrected chi connectivity index (χ2v) is 8.90. The number of hydrogen-bond acceptors (Lipinski definition) is 2. The zero-order valence-electron chi connectivity index (χ0n) is 16.2. The lowest BCUT2D eigenvalue weighted by Crippen LogP contribution is -2.47. The van der Waals surface area contributed by atoms with Crippen molar-refractivity contribution >= 4 is 5.91 Å². The van der Waals surface area contributed by atoms with Gasteiger partial charge in [-0.2, -0.15) is 0 Å². The van der Waals surface area contributed by atoms with Crippen molar-refractivity contribution in [3.05, 3.63) is 0 Å². The van der Waals surface area contributed by atoms with Gasteiger partial charge in [-0.05, 0) is 56.8 Å². The first-order valence-corrected chi connectivity index (χ1v) is 9.66. The fourth-order valence-corrected chi connectivity index (χ4v) is 4.94. The molecule has 2 rings (SSSR count). The average molecular weight is 324 g/mol. The minimum absolute atomic E-state index is 0.148. The molecule has 2 fully saturated rings. The third-order valence-corrected chi connectivity index (χ3v) is 5.85. The molecule has 2 saturated heterocycles. The molecule has 1 amide bonds. The molecule has 5 atom stereocenters. The van der Waals surface area contributed by atoms with Crippen molar-refractivity contribution in [2.24, 2.45) is 29.6 Å². The smallest absolute Gasteiger partial charge is 0.226 e. The number of rotatable bonds is 4. The number of amides is 1. The van der Waals surface area contributed by atoms with Crippen molar-refractivity contribution in [1.29, 1.82) is 0 Å². The Balaban J connectivity index is 2.18. The van der Waals surface area contributed by atoms with Gasteiger partial charge in [-0.15, -0.1) is 0 Å². The monoisotopic (exact) mass is 323 g/mol. The summed E-state index contributed by atoms with van der Waals surface area (Å²) < 4.78 is 5.90. The molecule has 0 bridgehead atoms. The van der Waals surface area contributed by atoms with Gasteiger partial charge < -0.3 is 9.64 Å². The zero-order chi connectivity index (χ0) is 17.3. The highest BCUT2D eigenvalue weighted by Gasteiger charge is 2.42. The van der Waals surface area contributed by atoms with Crippen LogP contribution in [0.5, 0.6) is 0 Å². The van der Waals surface area contributed by atoms with E-state index in [-0.39, 0.29) is 18.1 Å². The van der Waals surface area contributed by atoms with Gasteiger partial charge in [0, 0.05) is 18.5 Å². The third-order valence-electron chi connectivity index (χ3n) is 5.85. The summed E-state index contributed by atoms with van der Waals surface area (Å²) in [5.41, 5.74) is 0. The standard InChI is InChI=1S/C20H37NO2/c1-12(2)18-8-14(5)11-21(18)20(22)19(13(3)4)17-9-15(6)23-16(7)10-17/h12-19H,8-11H2,1-7H3/t14?,15?,16?,17?,18-,19?/m0/s1. The SMILES string of the molecule is CC1C[C@@H](C(C)C)N(C(=O)C(C(C)C)C2CC(C)OC(C)C2)C1. The Morgan fingerprint density at radius 1 is 1.00 bits per heavy atom. The summed E-state index contributed by atoms with van der Waals surface area (Å²) in [7, 11) is 0. The van der Waals surface area contributed by atoms with E-state index in [0.717, 1.165) is 25.8 Å². The Kier molecular flexibility index (Phi) is 6.16. The van der Waals surface area contributed by atoms with Gasteiger partial charge in [0.15, 0.2) is 0 Å². The number of nitrogens with zero attached hydrogens (tertiary/aromatic N) is 1. The highest BCUT2D eigenvalue weighted by molar-refractivity contribution is 5.80. The van der Waals surface area contributed by atoms with E-state index in [1.165, 1.54) is 0 Å². The van der Waals surface area contributed by atoms with Gasteiger partial charge in [0.25, 0.3) is 0 Å². The molecule has 3 nitrogen and oxygen atoms in total. The number of hydrogen-bond donors (Lipinski definition) is 0. The summed E-state index contributed by atoms with van der Waals surface area (Å²) >= 11 is 0. The molecule has 0 radical (unpaired) electrons. The Morgan fingerprint density at radius 3 is 2.04 bits per heavy atom. The second-order valence-electron chi connectivity index (χ2n) is 8.90. The topological polar surface area (TPSA) is 29.5 Å². The average Bonchev–Trinajstić information content (AvgIpc) is 2.79. The molecule has 0 aromatic heterocycles. The third kappa shape index (κ3) is 4.29. The first kappa shape index (κ1) is 18.8. The highest BCUT2D eigenvalue weighted by Crippen LogP contribution is 2.38. The van der Waals surface area contributed by atoms with Crippen molar-refractivity contribution < 1.29 is 9.53 Å². The van der Waals surface area contributed by atoms with Crippen LogP contribution in [0.2, 0.25) is 0 Å². The fraction of sp³-hybridized carbons (Fsp3) is 0.950. The highest BCUT2D eigenvalue weighted by atomic mass is 16.5. The van der Waals surface area contributed by atoms with E-state index >= 15 is 0 Å². The van der Waals surface area contributed by atoms with E-state index in [9.17, 15) is 4.79 Å². The van der Waals surface area contributed by atoms with E-state index in [1.807, 2.05) is 0 Å². The van der Waals surface area contributed by atoms with Gasteiger partial charge in [0.05, 0.1) is 12.2 Å². The van der Waals surface area contributed by atoms with Crippen LogP contribution < -0.4 is 0 Å². The predicted molar refractivity (Wildman–Crippen MR) is 95.2 cm³/mol. The maximum atomic E-state index is 13.4. The molecular weight excluding hydrogens is 286 g/mol. The lowest BCUT2D eigenvalue weighted by Gasteiger charge is -2.40. The van der Waals surface area contributed by atoms with E-state index in [1.54, 1.807) is 0 Å². The quantitative estimate of drug-likeness (QED) is 0.769. The molecule has 134 valence electrons. The Labute approximate surface area is 143 Å². The van der Waals surface area contributed by atoms with Crippen LogP contribution in [0.4, 0.5) is 0 Å². The first-order valence-electron chi connectivity index (χ1n) is 9.66. The van der Waals surface area contributed by atoms with Crippen molar-refractivity contribution in [1.82, 2.24) is 4.90 Å². The van der Waals surface area contributed by atoms with Crippen LogP contribution in [-0.4, -0.2) is 35.6 Å². The number of carbonyl (C=O) groups is 1. The summed E-state index contributed by atoms with van der Waals surface area (Å²) in [5, 5.41) is 0. The molecule has 0 N–H and O–H groups in total. The van der Waals surface area contributed by atoms with E-state index in [2.05, 4.69) is 53.4 Å². The van der Waals surface area contributed by atoms with Crippen LogP contribution >= 0.6 is 0 Å². The van der Waals surface area contributed by atoms with E-state index in [4.69, 9.17) is 4.74 Å². The molecule has 0 aromatic rings. The number of carbonyl (C=O) groups excluding carboxylic acids is 1. The molecule has 2 aliphatic rings. The molecule has 3 heteroatoms. The maximum Gasteiger partial charge on any atom is 0.226 e. The Morgan fingerprint density at radius 2 is 1.57 bits per heavy atom. The minimum Gasteiger partial charge on any atom is -0.376 e. The fourth-order valence-electron chi connectivity index (χ4n) is 4.94. The number of likely N-dealkylation sites (tertiary alicyclic amines) is 1. The van der Waals surface area contributed by atoms with Crippen LogP contribution in [0.25, 0.3) is 0 Å². The summed E-state index contributed by atoms with van der Waals surface area (Å²) in [6.07, 6.45) is 3.75. The predicted octanol–water partition coefficient (Wildman–Crippen LogP) is 4.36. The maximum absolute atomic E-state index is 13.4. The molecule has 0 spiro atoms. The van der Waals surface area contributed by atoms with E-state index in [0.29, 0.717) is 35.6 Å². The molecular formula is C20H37NO2. The van der Waals surface area contributed by atoms with Crippen molar-refractivity contribution in [2.45, 2.75) is 86.0 Å². The Hall–Kier alpha value is -0.570. The molecule has 0 aliphatic carbocycles. The normalized spacial score (nSPS) is 36.7. The van der Waals surface area contributed by atoms with Gasteiger partial charge in [-0.1, -0.05) is 34.6 Å². The van der Waals surface area contributed by atoms with Gasteiger partial charge in [-0.25, -0.2) is 0 Å². The van der Waals surface area contributed by atoms with Crippen LogP contribution in [0.3, 0.4) is 0 Å². The Bertz CT molecular complexity index is 396. The van der Waals surface area contributed by atoms with E-state index < -0.39 is 0 Å². The summed E-state index contributed by atoms with van der Waals surface area (Å²) in [6, 6.07) is 0.424. The largest absolute Gasteiger partial charge is 0.376 e. The molecule has 23 heavy (non-hydrogen) atoms. The lowest BCUT2D eigenvalue weighted by molar-refractivity contribution is -0.145. The van der Waals surface area contributed by atoms with Crippen molar-refractivity contribution in [3.63, 3.8) is 0 Å². The molecule has 4 unspecified atom stereocenters. The lowest BCUT2D eigenvalue weighted by atomic mass is 9.75. The van der Waals surface area contributed by atoms with Crippen LogP contribution in [0.1, 0.15) is 67.7 Å². The summed E-state index contributed by atoms with van der Waals surface area (Å²) in [6.45, 7) is 16.5. The van der Waals surface area contributed by atoms with Crippen molar-refractivity contribution in [2.75, 3.05) is 6.54 Å². The molecule has 0 aromatic carbocycles. The first-order chi connectivity index (χ1) is 10.7. The minimum atomic E-state index is 0.148. The van der Waals surface area contributed by atoms with Crippen molar-refractivity contribution in [3.8, 4) is 0 Å². The van der Waals surface area contributed by atoms with Gasteiger partial charge in [0.1, 0.15) is 0 Å². The summed E-state index contributed by atoms with van der Waals surface area (Å²) in [5.74, 6) is 2.60. The summed E-state index contributed by atoms with van der Waals surface area (Å²) in [4.78, 5) is 15.7. The van der Waals surface area contributed by atoms with Gasteiger partial charge >= 0.3 is 0 Å². The van der Waals surface area contributed by atoms with Crippen LogP contribution in [0, 0.1) is 29.6 Å². The number of ether oxygens (including phenoxy) is 1. The molecule has 0 saturated carbocycles. The molecule has 2 aliphatic heterocycles. The second kappa shape index (κ2) is 7.55. The van der Waals surface area contributed by atoms with Crippen LogP contribution in [-0.2, 0) is 9.53 Å². The molecule has 2 heterocycles. The van der Waals surface area contributed by atoms with Gasteiger partial charge in [-0.3, -0.25) is 4.79 Å². The van der Waals surface area contributed by atoms with Crippen LogP contribution in [0.15, 0.2) is 0 Å². The zero-order valence-corrected chi connectivity index (χ0v) is 16.2. The van der Waals surface area contributed by atoms with Gasteiger partial charge in [0.2, 0.25) is 5.91 Å².